The summed E-state index contributed by atoms with van der Waals surface area (Å²) in [5, 5.41) is 16.9. The number of carboxylic acids is 2. The first-order valence-electron chi connectivity index (χ1n) is 5.58. The van der Waals surface area contributed by atoms with E-state index in [1.54, 1.807) is 24.3 Å². The first-order valence-corrected chi connectivity index (χ1v) is 5.58. The van der Waals surface area contributed by atoms with Gasteiger partial charge in [0.25, 0.3) is 0 Å². The quantitative estimate of drug-likeness (QED) is 0.261. The predicted octanol–water partition coefficient (Wildman–Crippen LogP) is -1.56. The van der Waals surface area contributed by atoms with E-state index in [1.165, 1.54) is 24.3 Å². The average Bonchev–Trinajstić information content (AvgIpc) is 2.40. The van der Waals surface area contributed by atoms with Crippen LogP contribution in [0.1, 0.15) is 20.7 Å². The van der Waals surface area contributed by atoms with E-state index in [0.29, 0.717) is 11.4 Å². The molecular formula is C14H24MnN2O8+2. The summed E-state index contributed by atoms with van der Waals surface area (Å²) >= 11 is 0. The number of nitrogen functional groups attached to an aromatic ring is 2. The maximum atomic E-state index is 10.3. The van der Waals surface area contributed by atoms with Gasteiger partial charge < -0.3 is 43.6 Å². The second-order valence-corrected chi connectivity index (χ2v) is 3.85. The van der Waals surface area contributed by atoms with Gasteiger partial charge in [0.1, 0.15) is 0 Å². The minimum Gasteiger partial charge on any atom is -0.478 e. The van der Waals surface area contributed by atoms with Gasteiger partial charge in [-0.05, 0) is 48.5 Å². The zero-order chi connectivity index (χ0) is 15.1. The molecule has 25 heavy (non-hydrogen) atoms. The molecule has 0 aromatic heterocycles. The molecule has 2 aromatic rings. The van der Waals surface area contributed by atoms with Gasteiger partial charge in [-0.3, -0.25) is 0 Å². The Morgan fingerprint density at radius 3 is 1.00 bits per heavy atom. The molecule has 10 nitrogen and oxygen atoms in total. The Balaban J connectivity index is -0.0000000889. The van der Waals surface area contributed by atoms with E-state index in [9.17, 15) is 9.59 Å². The number of aromatic carboxylic acids is 2. The van der Waals surface area contributed by atoms with Gasteiger partial charge in [0, 0.05) is 28.4 Å². The van der Waals surface area contributed by atoms with Gasteiger partial charge >= 0.3 is 11.9 Å². The molecule has 0 unspecified atom stereocenters. The van der Waals surface area contributed by atoms with Gasteiger partial charge in [-0.15, -0.1) is 0 Å². The van der Waals surface area contributed by atoms with Crippen molar-refractivity contribution < 1.29 is 58.8 Å². The fourth-order valence-corrected chi connectivity index (χ4v) is 1.25. The maximum absolute atomic E-state index is 10.3. The number of rotatable bonds is 2. The molecule has 0 bridgehead atoms. The summed E-state index contributed by atoms with van der Waals surface area (Å²) < 4.78 is 0. The molecule has 11 heteroatoms. The number of anilines is 2. The number of hydrogen-bond acceptors (Lipinski definition) is 4. The monoisotopic (exact) mass is 403 g/mol. The Morgan fingerprint density at radius 2 is 0.840 bits per heavy atom. The number of hydrogen-bond donors (Lipinski definition) is 4. The van der Waals surface area contributed by atoms with Crippen molar-refractivity contribution in [3.63, 3.8) is 0 Å². The minimum absolute atomic E-state index is 0. The van der Waals surface area contributed by atoms with Crippen molar-refractivity contribution in [1.29, 1.82) is 0 Å². The fraction of sp³-hybridized carbons (Fsp3) is 0. The normalized spacial score (nSPS) is 7.36. The van der Waals surface area contributed by atoms with Crippen LogP contribution in [0.2, 0.25) is 0 Å². The summed E-state index contributed by atoms with van der Waals surface area (Å²) in [7, 11) is 0. The van der Waals surface area contributed by atoms with Crippen LogP contribution in [-0.2, 0) is 28.0 Å². The molecule has 0 heterocycles. The number of carboxylic acid groups (broad SMARTS) is 2. The Hall–Kier alpha value is -2.66. The van der Waals surface area contributed by atoms with Crippen LogP contribution in [0, 0.1) is 0 Å². The first kappa shape index (κ1) is 33.8. The van der Waals surface area contributed by atoms with Crippen molar-refractivity contribution >= 4 is 23.3 Å². The summed E-state index contributed by atoms with van der Waals surface area (Å²) in [6.45, 7) is 0. The molecule has 0 atom stereocenters. The van der Waals surface area contributed by atoms with Gasteiger partial charge in [0.2, 0.25) is 0 Å². The van der Waals surface area contributed by atoms with Crippen LogP contribution in [0.3, 0.4) is 0 Å². The van der Waals surface area contributed by atoms with Crippen LogP contribution < -0.4 is 11.5 Å². The average molecular weight is 403 g/mol. The number of nitrogens with two attached hydrogens (primary N) is 2. The Bertz CT molecular complexity index is 550. The predicted molar refractivity (Wildman–Crippen MR) is 92.6 cm³/mol. The topological polar surface area (TPSA) is 256 Å². The summed E-state index contributed by atoms with van der Waals surface area (Å²) in [5.74, 6) is -1.86. The number of benzene rings is 2. The molecule has 0 saturated carbocycles. The van der Waals surface area contributed by atoms with Crippen molar-refractivity contribution in [3.05, 3.63) is 59.7 Å². The molecule has 0 spiro atoms. The third kappa shape index (κ3) is 12.4. The van der Waals surface area contributed by atoms with E-state index in [4.69, 9.17) is 21.7 Å². The summed E-state index contributed by atoms with van der Waals surface area (Å²) in [6.07, 6.45) is 0. The molecule has 2 rings (SSSR count). The van der Waals surface area contributed by atoms with E-state index < -0.39 is 11.9 Å². The molecule has 0 amide bonds. The van der Waals surface area contributed by atoms with Crippen LogP contribution >= 0.6 is 0 Å². The second-order valence-electron chi connectivity index (χ2n) is 3.85. The molecule has 1 radical (unpaired) electrons. The molecule has 2 aromatic carbocycles. The smallest absolute Gasteiger partial charge is 0.335 e. The van der Waals surface area contributed by atoms with Crippen molar-refractivity contribution in [2.24, 2.45) is 0 Å². The van der Waals surface area contributed by atoms with Gasteiger partial charge in [-0.1, -0.05) is 0 Å². The van der Waals surface area contributed by atoms with E-state index in [1.807, 2.05) is 0 Å². The third-order valence-corrected chi connectivity index (χ3v) is 2.32. The van der Waals surface area contributed by atoms with E-state index in [-0.39, 0.29) is 50.1 Å². The molecular weight excluding hydrogens is 379 g/mol. The molecule has 0 saturated heterocycles. The zero-order valence-electron chi connectivity index (χ0n) is 13.0. The first-order chi connectivity index (χ1) is 9.40. The van der Waals surface area contributed by atoms with Gasteiger partial charge in [-0.2, -0.15) is 0 Å². The van der Waals surface area contributed by atoms with Crippen LogP contribution in [0.4, 0.5) is 11.4 Å². The molecule has 0 aliphatic heterocycles. The largest absolute Gasteiger partial charge is 0.478 e. The zero-order valence-corrected chi connectivity index (χ0v) is 14.2. The summed E-state index contributed by atoms with van der Waals surface area (Å²) in [6, 6.07) is 12.1. The van der Waals surface area contributed by atoms with Crippen molar-refractivity contribution in [2.75, 3.05) is 11.5 Å². The van der Waals surface area contributed by atoms with Crippen molar-refractivity contribution in [2.45, 2.75) is 0 Å². The van der Waals surface area contributed by atoms with Crippen molar-refractivity contribution in [3.8, 4) is 0 Å². The van der Waals surface area contributed by atoms with Crippen LogP contribution in [0.15, 0.2) is 48.5 Å². The standard InChI is InChI=1S/2C7H7NO2.Mn.4H2O/c2*8-6-3-1-5(2-4-6)7(9)10;;;;;/h2*1-4H,8H2,(H,9,10);;4*1H2/p+2. The maximum Gasteiger partial charge on any atom is 0.335 e. The Kier molecular flexibility index (Phi) is 21.9. The molecule has 0 aliphatic carbocycles. The van der Waals surface area contributed by atoms with Gasteiger partial charge in [0.05, 0.1) is 11.1 Å². The van der Waals surface area contributed by atoms with Crippen LogP contribution in [0.25, 0.3) is 0 Å². The summed E-state index contributed by atoms with van der Waals surface area (Å²) in [4.78, 5) is 20.5. The third-order valence-electron chi connectivity index (χ3n) is 2.32. The molecule has 16 N–H and O–H groups in total. The Morgan fingerprint density at radius 1 is 0.640 bits per heavy atom. The van der Waals surface area contributed by atoms with Crippen LogP contribution in [-0.4, -0.2) is 33.1 Å². The van der Waals surface area contributed by atoms with Gasteiger partial charge in [-0.25, -0.2) is 9.59 Å². The van der Waals surface area contributed by atoms with E-state index in [2.05, 4.69) is 0 Å². The number of carbonyl (C=O) groups is 2. The van der Waals surface area contributed by atoms with Gasteiger partial charge in [0.15, 0.2) is 0 Å². The molecule has 0 fully saturated rings. The van der Waals surface area contributed by atoms with E-state index >= 15 is 0 Å². The Labute approximate surface area is 153 Å². The SMILES string of the molecule is Nc1ccc(C(=O)O)cc1.Nc1ccc(C(=O)O)cc1.O.O.[Mn].[OH3+].[OH3+]. The fourth-order valence-electron chi connectivity index (χ4n) is 1.25. The minimum atomic E-state index is -0.931. The molecule has 143 valence electrons. The second kappa shape index (κ2) is 16.2. The van der Waals surface area contributed by atoms with E-state index in [0.717, 1.165) is 0 Å². The van der Waals surface area contributed by atoms with Crippen molar-refractivity contribution in [1.82, 2.24) is 0 Å². The molecule has 0 aliphatic rings. The summed E-state index contributed by atoms with van der Waals surface area (Å²) in [5.41, 5.74) is 12.3. The van der Waals surface area contributed by atoms with Crippen LogP contribution in [0.5, 0.6) is 0 Å².